The summed E-state index contributed by atoms with van der Waals surface area (Å²) in [6.07, 6.45) is 6.74. The van der Waals surface area contributed by atoms with Crippen LogP contribution in [0.4, 0.5) is 4.39 Å². The summed E-state index contributed by atoms with van der Waals surface area (Å²) in [6, 6.07) is 5.60. The Labute approximate surface area is 101 Å². The van der Waals surface area contributed by atoms with E-state index >= 15 is 0 Å². The third kappa shape index (κ3) is 3.41. The molecule has 2 rings (SSSR count). The number of allylic oxidation sites excluding steroid dienone is 1. The fraction of sp³-hybridized carbons (Fsp3) is 0.357. The van der Waals surface area contributed by atoms with Gasteiger partial charge in [-0.05, 0) is 49.9 Å². The molecular weight excluding hydrogens is 217 g/mol. The molecule has 17 heavy (non-hydrogen) atoms. The average Bonchev–Trinajstić information content (AvgIpc) is 2.83. The smallest absolute Gasteiger partial charge is 0.251 e. The Morgan fingerprint density at radius 3 is 2.71 bits per heavy atom. The quantitative estimate of drug-likeness (QED) is 0.796. The van der Waals surface area contributed by atoms with Crippen LogP contribution in [0.1, 0.15) is 36.0 Å². The molecule has 1 N–H and O–H groups in total. The van der Waals surface area contributed by atoms with Gasteiger partial charge >= 0.3 is 0 Å². The number of hydrogen-bond acceptors (Lipinski definition) is 1. The summed E-state index contributed by atoms with van der Waals surface area (Å²) in [7, 11) is 0. The van der Waals surface area contributed by atoms with Crippen molar-refractivity contribution in [1.82, 2.24) is 5.32 Å². The standard InChI is InChI=1S/C14H16FNO/c15-13-7-5-12(6-8-13)14(17)16-10-9-11-3-1-2-4-11/h3,5-8H,1-2,4,9-10H2,(H,16,17). The molecule has 2 nitrogen and oxygen atoms in total. The summed E-state index contributed by atoms with van der Waals surface area (Å²) in [4.78, 5) is 11.7. The number of amides is 1. The molecule has 1 aromatic rings. The van der Waals surface area contributed by atoms with Crippen LogP contribution in [-0.2, 0) is 0 Å². The Balaban J connectivity index is 1.79. The Bertz CT molecular complexity index is 422. The zero-order valence-electron chi connectivity index (χ0n) is 9.71. The van der Waals surface area contributed by atoms with Crippen LogP contribution < -0.4 is 5.32 Å². The Hall–Kier alpha value is -1.64. The maximum Gasteiger partial charge on any atom is 0.251 e. The van der Waals surface area contributed by atoms with Gasteiger partial charge in [-0.2, -0.15) is 0 Å². The fourth-order valence-electron chi connectivity index (χ4n) is 2.00. The van der Waals surface area contributed by atoms with Crippen molar-refractivity contribution in [3.63, 3.8) is 0 Å². The molecule has 90 valence electrons. The first-order valence-corrected chi connectivity index (χ1v) is 5.97. The molecule has 1 aromatic carbocycles. The number of nitrogens with one attached hydrogen (secondary N) is 1. The first-order valence-electron chi connectivity index (χ1n) is 5.97. The summed E-state index contributed by atoms with van der Waals surface area (Å²) < 4.78 is 12.7. The van der Waals surface area contributed by atoms with Crippen LogP contribution in [0.3, 0.4) is 0 Å². The van der Waals surface area contributed by atoms with E-state index in [9.17, 15) is 9.18 Å². The topological polar surface area (TPSA) is 29.1 Å². The second-order valence-corrected chi connectivity index (χ2v) is 4.27. The molecule has 1 aliphatic rings. The molecule has 3 heteroatoms. The van der Waals surface area contributed by atoms with E-state index in [4.69, 9.17) is 0 Å². The minimum Gasteiger partial charge on any atom is -0.352 e. The maximum atomic E-state index is 12.7. The van der Waals surface area contributed by atoms with Gasteiger partial charge < -0.3 is 5.32 Å². The van der Waals surface area contributed by atoms with Crippen LogP contribution >= 0.6 is 0 Å². The highest BCUT2D eigenvalue weighted by molar-refractivity contribution is 5.94. The molecule has 0 aliphatic heterocycles. The van der Waals surface area contributed by atoms with Gasteiger partial charge in [-0.15, -0.1) is 0 Å². The van der Waals surface area contributed by atoms with Gasteiger partial charge in [0.25, 0.3) is 5.91 Å². The zero-order chi connectivity index (χ0) is 12.1. The predicted octanol–water partition coefficient (Wildman–Crippen LogP) is 3.06. The molecule has 1 amide bonds. The summed E-state index contributed by atoms with van der Waals surface area (Å²) in [5.74, 6) is -0.457. The minimum absolute atomic E-state index is 0.136. The van der Waals surface area contributed by atoms with Crippen molar-refractivity contribution in [1.29, 1.82) is 0 Å². The van der Waals surface area contributed by atoms with Crippen molar-refractivity contribution >= 4 is 5.91 Å². The van der Waals surface area contributed by atoms with Gasteiger partial charge in [0, 0.05) is 12.1 Å². The summed E-state index contributed by atoms with van der Waals surface area (Å²) in [5.41, 5.74) is 1.94. The maximum absolute atomic E-state index is 12.7. The highest BCUT2D eigenvalue weighted by Gasteiger charge is 2.07. The molecule has 0 bridgehead atoms. The van der Waals surface area contributed by atoms with E-state index in [1.54, 1.807) is 0 Å². The highest BCUT2D eigenvalue weighted by Crippen LogP contribution is 2.19. The second kappa shape index (κ2) is 5.62. The van der Waals surface area contributed by atoms with Crippen LogP contribution in [0.5, 0.6) is 0 Å². The molecule has 1 aliphatic carbocycles. The highest BCUT2D eigenvalue weighted by atomic mass is 19.1. The zero-order valence-corrected chi connectivity index (χ0v) is 9.71. The molecular formula is C14H16FNO. The van der Waals surface area contributed by atoms with Gasteiger partial charge in [0.2, 0.25) is 0 Å². The Morgan fingerprint density at radius 2 is 2.06 bits per heavy atom. The molecule has 0 aromatic heterocycles. The molecule has 0 saturated carbocycles. The van der Waals surface area contributed by atoms with Crippen LogP contribution in [0.25, 0.3) is 0 Å². The summed E-state index contributed by atoms with van der Waals surface area (Å²) in [6.45, 7) is 0.655. The van der Waals surface area contributed by atoms with Crippen molar-refractivity contribution in [2.45, 2.75) is 25.7 Å². The monoisotopic (exact) mass is 233 g/mol. The lowest BCUT2D eigenvalue weighted by Crippen LogP contribution is -2.24. The molecule has 0 fully saturated rings. The first-order chi connectivity index (χ1) is 8.25. The van der Waals surface area contributed by atoms with Gasteiger partial charge in [-0.25, -0.2) is 4.39 Å². The minimum atomic E-state index is -0.322. The van der Waals surface area contributed by atoms with E-state index in [-0.39, 0.29) is 11.7 Å². The lowest BCUT2D eigenvalue weighted by Gasteiger charge is -2.05. The Kier molecular flexibility index (Phi) is 3.91. The Morgan fingerprint density at radius 1 is 1.29 bits per heavy atom. The van der Waals surface area contributed by atoms with Crippen molar-refractivity contribution in [3.05, 3.63) is 47.3 Å². The van der Waals surface area contributed by atoms with Gasteiger partial charge in [0.05, 0.1) is 0 Å². The largest absolute Gasteiger partial charge is 0.352 e. The number of benzene rings is 1. The number of carbonyl (C=O) groups excluding carboxylic acids is 1. The van der Waals surface area contributed by atoms with E-state index in [0.29, 0.717) is 12.1 Å². The van der Waals surface area contributed by atoms with Crippen molar-refractivity contribution in [2.24, 2.45) is 0 Å². The van der Waals surface area contributed by atoms with E-state index in [1.165, 1.54) is 42.7 Å². The van der Waals surface area contributed by atoms with Crippen LogP contribution in [0, 0.1) is 5.82 Å². The average molecular weight is 233 g/mol. The number of hydrogen-bond donors (Lipinski definition) is 1. The van der Waals surface area contributed by atoms with Crippen LogP contribution in [-0.4, -0.2) is 12.5 Å². The molecule has 0 unspecified atom stereocenters. The molecule has 0 radical (unpaired) electrons. The third-order valence-corrected chi connectivity index (χ3v) is 2.97. The molecule has 0 atom stereocenters. The van der Waals surface area contributed by atoms with E-state index in [1.807, 2.05) is 0 Å². The van der Waals surface area contributed by atoms with Crippen LogP contribution in [0.15, 0.2) is 35.9 Å². The van der Waals surface area contributed by atoms with Gasteiger partial charge in [-0.3, -0.25) is 4.79 Å². The fourth-order valence-corrected chi connectivity index (χ4v) is 2.00. The van der Waals surface area contributed by atoms with E-state index in [2.05, 4.69) is 11.4 Å². The number of carbonyl (C=O) groups is 1. The lowest BCUT2D eigenvalue weighted by atomic mass is 10.1. The first kappa shape index (κ1) is 11.8. The number of halogens is 1. The predicted molar refractivity (Wildman–Crippen MR) is 65.3 cm³/mol. The van der Waals surface area contributed by atoms with Gasteiger partial charge in [-0.1, -0.05) is 11.6 Å². The molecule has 0 saturated heterocycles. The normalized spacial score (nSPS) is 14.5. The van der Waals surface area contributed by atoms with Gasteiger partial charge in [0.1, 0.15) is 5.82 Å². The number of rotatable bonds is 4. The van der Waals surface area contributed by atoms with Crippen molar-refractivity contribution in [2.75, 3.05) is 6.54 Å². The lowest BCUT2D eigenvalue weighted by molar-refractivity contribution is 0.0954. The van der Waals surface area contributed by atoms with Crippen molar-refractivity contribution in [3.8, 4) is 0 Å². The summed E-state index contributed by atoms with van der Waals surface area (Å²) in [5, 5.41) is 2.84. The third-order valence-electron chi connectivity index (χ3n) is 2.97. The van der Waals surface area contributed by atoms with E-state index < -0.39 is 0 Å². The summed E-state index contributed by atoms with van der Waals surface area (Å²) >= 11 is 0. The van der Waals surface area contributed by atoms with Gasteiger partial charge in [0.15, 0.2) is 0 Å². The second-order valence-electron chi connectivity index (χ2n) is 4.27. The SMILES string of the molecule is O=C(NCCC1=CCCC1)c1ccc(F)cc1. The van der Waals surface area contributed by atoms with E-state index in [0.717, 1.165) is 12.8 Å². The van der Waals surface area contributed by atoms with Crippen molar-refractivity contribution < 1.29 is 9.18 Å². The van der Waals surface area contributed by atoms with Crippen LogP contribution in [0.2, 0.25) is 0 Å². The molecule has 0 heterocycles. The molecule has 0 spiro atoms.